The molecule has 32 heavy (non-hydrogen) atoms. The summed E-state index contributed by atoms with van der Waals surface area (Å²) in [5.74, 6) is -4.55. The molecule has 0 atom stereocenters. The van der Waals surface area contributed by atoms with Gasteiger partial charge in [0, 0.05) is 24.9 Å². The molecular weight excluding hydrogens is 417 g/mol. The third kappa shape index (κ3) is 3.43. The van der Waals surface area contributed by atoms with E-state index in [0.717, 1.165) is 5.56 Å². The van der Waals surface area contributed by atoms with Crippen molar-refractivity contribution >= 4 is 39.4 Å². The minimum absolute atomic E-state index is 0.0330. The lowest BCUT2D eigenvalue weighted by Crippen LogP contribution is -2.20. The van der Waals surface area contributed by atoms with Crippen LogP contribution in [0.2, 0.25) is 0 Å². The number of carbonyl (C=O) groups is 2. The molecule has 8 nitrogen and oxygen atoms in total. The molecule has 0 radical (unpaired) electrons. The van der Waals surface area contributed by atoms with Gasteiger partial charge in [-0.05, 0) is 31.2 Å². The van der Waals surface area contributed by atoms with Crippen LogP contribution >= 0.6 is 0 Å². The number of hydrogen-bond acceptors (Lipinski definition) is 7. The van der Waals surface area contributed by atoms with Gasteiger partial charge in [0.25, 0.3) is 0 Å². The number of aromatic hydroxyl groups is 1. The van der Waals surface area contributed by atoms with Gasteiger partial charge in [0.1, 0.15) is 5.69 Å². The molecular formula is C23H18FN3O5. The summed E-state index contributed by atoms with van der Waals surface area (Å²) < 4.78 is 20.4. The number of carboxylic acid groups (broad SMARTS) is 1. The number of rotatable bonds is 4. The van der Waals surface area contributed by atoms with Gasteiger partial charge in [-0.25, -0.2) is 23.9 Å². The van der Waals surface area contributed by atoms with Crippen molar-refractivity contribution in [2.45, 2.75) is 6.92 Å². The first-order chi connectivity index (χ1) is 15.2. The van der Waals surface area contributed by atoms with E-state index in [4.69, 9.17) is 4.74 Å². The van der Waals surface area contributed by atoms with Crippen molar-refractivity contribution in [2.24, 2.45) is 0 Å². The first-order valence-electron chi connectivity index (χ1n) is 9.53. The molecule has 0 bridgehead atoms. The summed E-state index contributed by atoms with van der Waals surface area (Å²) in [5.41, 5.74) is 0.252. The van der Waals surface area contributed by atoms with Crippen molar-refractivity contribution in [3.8, 4) is 11.5 Å². The number of halogens is 1. The van der Waals surface area contributed by atoms with Gasteiger partial charge in [0.2, 0.25) is 0 Å². The van der Waals surface area contributed by atoms with Crippen molar-refractivity contribution < 1.29 is 28.9 Å². The number of aryl methyl sites for hydroxylation is 1. The maximum absolute atomic E-state index is 14.9. The summed E-state index contributed by atoms with van der Waals surface area (Å²) in [5, 5.41) is 20.4. The smallest absolute Gasteiger partial charge is 0.365 e. The first-order valence-corrected chi connectivity index (χ1v) is 9.53. The van der Waals surface area contributed by atoms with E-state index in [2.05, 4.69) is 9.97 Å². The number of pyridine rings is 2. The number of carboxylic acids is 1. The fourth-order valence-electron chi connectivity index (χ4n) is 3.45. The van der Waals surface area contributed by atoms with Crippen molar-refractivity contribution in [3.63, 3.8) is 0 Å². The van der Waals surface area contributed by atoms with Crippen LogP contribution in [-0.4, -0.2) is 46.2 Å². The highest BCUT2D eigenvalue weighted by atomic mass is 19.1. The van der Waals surface area contributed by atoms with Gasteiger partial charge in [-0.3, -0.25) is 0 Å². The van der Waals surface area contributed by atoms with Crippen LogP contribution in [0.3, 0.4) is 0 Å². The summed E-state index contributed by atoms with van der Waals surface area (Å²) in [7, 11) is 3.14. The Balaban J connectivity index is 1.91. The highest BCUT2D eigenvalue weighted by molar-refractivity contribution is 6.04. The largest absolute Gasteiger partial charge is 0.504 e. The van der Waals surface area contributed by atoms with Crippen LogP contribution in [-0.2, 0) is 0 Å². The molecule has 0 amide bonds. The molecule has 2 aromatic heterocycles. The van der Waals surface area contributed by atoms with E-state index in [1.54, 1.807) is 63.5 Å². The number of carbonyl (C=O) groups excluding carboxylic acids is 1. The molecule has 2 aromatic carbocycles. The Morgan fingerprint density at radius 2 is 1.66 bits per heavy atom. The van der Waals surface area contributed by atoms with Crippen LogP contribution < -0.4 is 9.64 Å². The standard InChI is InChI=1S/C23H18FN3O5/c1-11-8-9-15-13(10-11)20(28)16(24)17(25-15)23(31)32-21-12-6-4-5-7-14(12)26-18(22(29)30)19(21)27(2)3/h4-10H,1-3H3,(H,25,28)(H,29,30). The molecule has 0 saturated carbocycles. The van der Waals surface area contributed by atoms with Crippen molar-refractivity contribution in [1.29, 1.82) is 0 Å². The lowest BCUT2D eigenvalue weighted by atomic mass is 10.1. The summed E-state index contributed by atoms with van der Waals surface area (Å²) in [6.45, 7) is 1.77. The average molecular weight is 435 g/mol. The number of fused-ring (bicyclic) bond motifs is 2. The second-order valence-electron chi connectivity index (χ2n) is 7.39. The fraction of sp³-hybridized carbons (Fsp3) is 0.130. The second kappa shape index (κ2) is 7.77. The van der Waals surface area contributed by atoms with Crippen LogP contribution in [0.1, 0.15) is 26.5 Å². The number of para-hydroxylation sites is 1. The van der Waals surface area contributed by atoms with Crippen LogP contribution in [0.15, 0.2) is 42.5 Å². The molecule has 0 fully saturated rings. The number of anilines is 1. The van der Waals surface area contributed by atoms with Gasteiger partial charge in [0.15, 0.2) is 28.7 Å². The van der Waals surface area contributed by atoms with Gasteiger partial charge < -0.3 is 19.8 Å². The van der Waals surface area contributed by atoms with Crippen molar-refractivity contribution in [1.82, 2.24) is 9.97 Å². The molecule has 9 heteroatoms. The Morgan fingerprint density at radius 1 is 1.00 bits per heavy atom. The summed E-state index contributed by atoms with van der Waals surface area (Å²) in [4.78, 5) is 34.4. The predicted molar refractivity (Wildman–Crippen MR) is 116 cm³/mol. The van der Waals surface area contributed by atoms with Gasteiger partial charge in [0.05, 0.1) is 11.0 Å². The highest BCUT2D eigenvalue weighted by Crippen LogP contribution is 2.38. The van der Waals surface area contributed by atoms with E-state index in [9.17, 15) is 24.2 Å². The molecule has 4 aromatic rings. The number of benzene rings is 2. The zero-order valence-electron chi connectivity index (χ0n) is 17.4. The van der Waals surface area contributed by atoms with Crippen molar-refractivity contribution in [2.75, 3.05) is 19.0 Å². The second-order valence-corrected chi connectivity index (χ2v) is 7.39. The zero-order chi connectivity index (χ0) is 23.2. The molecule has 162 valence electrons. The average Bonchev–Trinajstić information content (AvgIpc) is 2.75. The van der Waals surface area contributed by atoms with Gasteiger partial charge >= 0.3 is 11.9 Å². The number of nitrogens with zero attached hydrogens (tertiary/aromatic N) is 3. The Hall–Kier alpha value is -4.27. The molecule has 0 saturated heterocycles. The SMILES string of the molecule is Cc1ccc2nc(C(=O)Oc3c(N(C)C)c(C(=O)O)nc4ccccc34)c(F)c(O)c2c1. The minimum atomic E-state index is -1.32. The highest BCUT2D eigenvalue weighted by Gasteiger charge is 2.27. The molecule has 2 heterocycles. The van der Waals surface area contributed by atoms with Crippen LogP contribution in [0, 0.1) is 12.7 Å². The Bertz CT molecular complexity index is 1420. The maximum atomic E-state index is 14.9. The maximum Gasteiger partial charge on any atom is 0.365 e. The molecule has 0 unspecified atom stereocenters. The van der Waals surface area contributed by atoms with Gasteiger partial charge in [-0.1, -0.05) is 23.8 Å². The van der Waals surface area contributed by atoms with Gasteiger partial charge in [-0.15, -0.1) is 0 Å². The van der Waals surface area contributed by atoms with Crippen LogP contribution in [0.25, 0.3) is 21.8 Å². The van der Waals surface area contributed by atoms with Crippen LogP contribution in [0.5, 0.6) is 11.5 Å². The molecule has 0 spiro atoms. The predicted octanol–water partition coefficient (Wildman–Crippen LogP) is 3.92. The lowest BCUT2D eigenvalue weighted by Gasteiger charge is -2.20. The van der Waals surface area contributed by atoms with E-state index in [-0.39, 0.29) is 33.6 Å². The minimum Gasteiger partial charge on any atom is -0.504 e. The quantitative estimate of drug-likeness (QED) is 0.464. The van der Waals surface area contributed by atoms with E-state index in [1.807, 2.05) is 0 Å². The van der Waals surface area contributed by atoms with E-state index in [1.165, 1.54) is 4.90 Å². The number of aromatic carboxylic acids is 1. The third-order valence-corrected chi connectivity index (χ3v) is 4.91. The first kappa shape index (κ1) is 21.0. The molecule has 0 aliphatic rings. The monoisotopic (exact) mass is 435 g/mol. The molecule has 0 aliphatic heterocycles. The van der Waals surface area contributed by atoms with E-state index in [0.29, 0.717) is 5.39 Å². The Morgan fingerprint density at radius 3 is 2.34 bits per heavy atom. The summed E-state index contributed by atoms with van der Waals surface area (Å²) in [6, 6.07) is 11.3. The van der Waals surface area contributed by atoms with E-state index < -0.39 is 29.2 Å². The number of ether oxygens (including phenoxy) is 1. The molecule has 4 rings (SSSR count). The number of esters is 1. The lowest BCUT2D eigenvalue weighted by molar-refractivity contribution is 0.0682. The number of hydrogen-bond donors (Lipinski definition) is 2. The Labute approximate surface area is 181 Å². The summed E-state index contributed by atoms with van der Waals surface area (Å²) in [6.07, 6.45) is 0. The van der Waals surface area contributed by atoms with Crippen molar-refractivity contribution in [3.05, 3.63) is 65.2 Å². The fourth-order valence-corrected chi connectivity index (χ4v) is 3.45. The topological polar surface area (TPSA) is 113 Å². The summed E-state index contributed by atoms with van der Waals surface area (Å²) >= 11 is 0. The normalized spacial score (nSPS) is 11.0. The third-order valence-electron chi connectivity index (χ3n) is 4.91. The zero-order valence-corrected chi connectivity index (χ0v) is 17.4. The number of aromatic nitrogens is 2. The Kier molecular flexibility index (Phi) is 5.09. The van der Waals surface area contributed by atoms with E-state index >= 15 is 0 Å². The molecule has 0 aliphatic carbocycles. The van der Waals surface area contributed by atoms with Gasteiger partial charge in [-0.2, -0.15) is 0 Å². The molecule has 2 N–H and O–H groups in total. The van der Waals surface area contributed by atoms with Crippen LogP contribution in [0.4, 0.5) is 10.1 Å².